The molecule has 0 aliphatic rings. The number of nitro groups is 1. The van der Waals surface area contributed by atoms with Crippen molar-refractivity contribution in [3.05, 3.63) is 64.0 Å². The van der Waals surface area contributed by atoms with E-state index in [-0.39, 0.29) is 17.3 Å². The number of nitrogens with one attached hydrogen (secondary N) is 1. The first-order chi connectivity index (χ1) is 10.4. The first kappa shape index (κ1) is 15.6. The highest BCUT2D eigenvalue weighted by atomic mass is 16.6. The third-order valence-electron chi connectivity index (χ3n) is 3.71. The topological polar surface area (TPSA) is 76.1 Å². The first-order valence-electron chi connectivity index (χ1n) is 6.93. The van der Waals surface area contributed by atoms with Crippen molar-refractivity contribution in [3.8, 4) is 0 Å². The van der Waals surface area contributed by atoms with Crippen molar-refractivity contribution in [2.45, 2.75) is 26.8 Å². The summed E-state index contributed by atoms with van der Waals surface area (Å²) in [6.07, 6.45) is 1.83. The van der Waals surface area contributed by atoms with Crippen LogP contribution in [0.1, 0.15) is 24.2 Å². The predicted octanol–water partition coefficient (Wildman–Crippen LogP) is 2.70. The Morgan fingerprint density at radius 2 is 1.91 bits per heavy atom. The number of rotatable bonds is 4. The van der Waals surface area contributed by atoms with E-state index in [0.717, 1.165) is 11.3 Å². The normalized spacial score (nSPS) is 11.8. The fourth-order valence-electron chi connectivity index (χ4n) is 2.24. The SMILES string of the molecule is Cc1ccc[n+]([C@H](C)C(=O)Nc2ccccc2[N+](=O)[O-])c1C. The number of hydrogen-bond donors (Lipinski definition) is 1. The summed E-state index contributed by atoms with van der Waals surface area (Å²) in [4.78, 5) is 22.9. The summed E-state index contributed by atoms with van der Waals surface area (Å²) in [6, 6.07) is 9.48. The number of carbonyl (C=O) groups excluding carboxylic acids is 1. The Balaban J connectivity index is 2.26. The molecule has 1 aromatic heterocycles. The number of para-hydroxylation sites is 2. The van der Waals surface area contributed by atoms with Crippen LogP contribution < -0.4 is 9.88 Å². The van der Waals surface area contributed by atoms with Gasteiger partial charge in [-0.15, -0.1) is 0 Å². The first-order valence-corrected chi connectivity index (χ1v) is 6.93. The highest BCUT2D eigenvalue weighted by molar-refractivity contribution is 5.94. The van der Waals surface area contributed by atoms with Crippen LogP contribution in [-0.2, 0) is 4.79 Å². The molecule has 1 heterocycles. The third-order valence-corrected chi connectivity index (χ3v) is 3.71. The Hall–Kier alpha value is -2.76. The van der Waals surface area contributed by atoms with Crippen LogP contribution in [0.5, 0.6) is 0 Å². The van der Waals surface area contributed by atoms with Crippen molar-refractivity contribution in [3.63, 3.8) is 0 Å². The van der Waals surface area contributed by atoms with Crippen molar-refractivity contribution >= 4 is 17.3 Å². The molecule has 2 aromatic rings. The minimum atomic E-state index is -0.509. The molecule has 2 rings (SSSR count). The van der Waals surface area contributed by atoms with Crippen molar-refractivity contribution in [2.75, 3.05) is 5.32 Å². The number of hydrogen-bond acceptors (Lipinski definition) is 3. The van der Waals surface area contributed by atoms with E-state index in [1.54, 1.807) is 19.1 Å². The van der Waals surface area contributed by atoms with Gasteiger partial charge in [-0.2, -0.15) is 4.57 Å². The Labute approximate surface area is 128 Å². The maximum Gasteiger partial charge on any atom is 0.293 e. The molecule has 0 radical (unpaired) electrons. The molecule has 114 valence electrons. The van der Waals surface area contributed by atoms with Gasteiger partial charge < -0.3 is 5.32 Å². The predicted molar refractivity (Wildman–Crippen MR) is 82.5 cm³/mol. The molecule has 22 heavy (non-hydrogen) atoms. The van der Waals surface area contributed by atoms with E-state index in [4.69, 9.17) is 0 Å². The van der Waals surface area contributed by atoms with Crippen LogP contribution >= 0.6 is 0 Å². The molecule has 1 atom stereocenters. The molecule has 6 heteroatoms. The summed E-state index contributed by atoms with van der Waals surface area (Å²) in [5.74, 6) is -0.298. The molecule has 1 aromatic carbocycles. The maximum absolute atomic E-state index is 12.4. The Morgan fingerprint density at radius 3 is 2.59 bits per heavy atom. The second-order valence-electron chi connectivity index (χ2n) is 5.12. The van der Waals surface area contributed by atoms with E-state index in [9.17, 15) is 14.9 Å². The van der Waals surface area contributed by atoms with E-state index in [0.29, 0.717) is 0 Å². The molecule has 6 nitrogen and oxygen atoms in total. The molecule has 0 saturated heterocycles. The highest BCUT2D eigenvalue weighted by Gasteiger charge is 2.26. The summed E-state index contributed by atoms with van der Waals surface area (Å²) in [5, 5.41) is 13.6. The average Bonchev–Trinajstić information content (AvgIpc) is 2.49. The number of carbonyl (C=O) groups is 1. The monoisotopic (exact) mass is 300 g/mol. The third kappa shape index (κ3) is 3.11. The lowest BCUT2D eigenvalue weighted by atomic mass is 10.2. The molecule has 0 aliphatic heterocycles. The van der Waals surface area contributed by atoms with Gasteiger partial charge in [0.2, 0.25) is 6.04 Å². The smallest absolute Gasteiger partial charge is 0.293 e. The van der Waals surface area contributed by atoms with Gasteiger partial charge in [-0.05, 0) is 19.1 Å². The van der Waals surface area contributed by atoms with Crippen LogP contribution in [0.4, 0.5) is 11.4 Å². The lowest BCUT2D eigenvalue weighted by Crippen LogP contribution is -2.47. The molecule has 1 amide bonds. The van der Waals surface area contributed by atoms with Gasteiger partial charge in [0.15, 0.2) is 11.9 Å². The zero-order valence-electron chi connectivity index (χ0n) is 12.7. The fourth-order valence-corrected chi connectivity index (χ4v) is 2.24. The van der Waals surface area contributed by atoms with E-state index >= 15 is 0 Å². The summed E-state index contributed by atoms with van der Waals surface area (Å²) in [6.45, 7) is 5.67. The van der Waals surface area contributed by atoms with Gasteiger partial charge in [0.25, 0.3) is 11.6 Å². The zero-order valence-corrected chi connectivity index (χ0v) is 12.7. The standard InChI is InChI=1S/C16H17N3O3/c1-11-7-6-10-18(12(11)2)13(3)16(20)17-14-8-4-5-9-15(14)19(21)22/h4-10,13H,1-3H3/p+1/t13-/m1/s1. The number of aryl methyl sites for hydroxylation is 1. The number of nitrogens with zero attached hydrogens (tertiary/aromatic N) is 2. The molecular formula is C16H18N3O3+. The van der Waals surface area contributed by atoms with Gasteiger partial charge in [-0.3, -0.25) is 14.9 Å². The molecule has 0 saturated carbocycles. The van der Waals surface area contributed by atoms with Crippen molar-refractivity contribution in [1.29, 1.82) is 0 Å². The lowest BCUT2D eigenvalue weighted by Gasteiger charge is -2.11. The van der Waals surface area contributed by atoms with Gasteiger partial charge >= 0.3 is 0 Å². The summed E-state index contributed by atoms with van der Waals surface area (Å²) >= 11 is 0. The second kappa shape index (κ2) is 6.34. The van der Waals surface area contributed by atoms with E-state index in [2.05, 4.69) is 5.32 Å². The Kier molecular flexibility index (Phi) is 4.50. The Bertz CT molecular complexity index is 728. The van der Waals surface area contributed by atoms with Crippen LogP contribution in [0, 0.1) is 24.0 Å². The van der Waals surface area contributed by atoms with E-state index < -0.39 is 11.0 Å². The fraction of sp³-hybridized carbons (Fsp3) is 0.250. The largest absolute Gasteiger partial charge is 0.315 e. The number of anilines is 1. The summed E-state index contributed by atoms with van der Waals surface area (Å²) < 4.78 is 1.85. The quantitative estimate of drug-likeness (QED) is 0.536. The molecular weight excluding hydrogens is 282 g/mol. The van der Waals surface area contributed by atoms with Crippen LogP contribution in [-0.4, -0.2) is 10.8 Å². The number of amides is 1. The van der Waals surface area contributed by atoms with Gasteiger partial charge in [-0.1, -0.05) is 12.1 Å². The molecule has 0 spiro atoms. The van der Waals surface area contributed by atoms with E-state index in [1.165, 1.54) is 12.1 Å². The number of pyridine rings is 1. The number of aromatic nitrogens is 1. The number of benzene rings is 1. The lowest BCUT2D eigenvalue weighted by molar-refractivity contribution is -0.711. The molecule has 0 bridgehead atoms. The molecule has 0 unspecified atom stereocenters. The van der Waals surface area contributed by atoms with Crippen molar-refractivity contribution in [1.82, 2.24) is 0 Å². The Morgan fingerprint density at radius 1 is 1.23 bits per heavy atom. The van der Waals surface area contributed by atoms with Crippen LogP contribution in [0.3, 0.4) is 0 Å². The van der Waals surface area contributed by atoms with Gasteiger partial charge in [0.05, 0.1) is 4.92 Å². The van der Waals surface area contributed by atoms with Gasteiger partial charge in [0, 0.05) is 31.5 Å². The van der Waals surface area contributed by atoms with E-state index in [1.807, 2.05) is 36.7 Å². The molecule has 0 aliphatic carbocycles. The van der Waals surface area contributed by atoms with Crippen LogP contribution in [0.25, 0.3) is 0 Å². The van der Waals surface area contributed by atoms with Crippen molar-refractivity contribution < 1.29 is 14.3 Å². The average molecular weight is 300 g/mol. The maximum atomic E-state index is 12.4. The summed E-state index contributed by atoms with van der Waals surface area (Å²) in [7, 11) is 0. The molecule has 0 fully saturated rings. The van der Waals surface area contributed by atoms with Gasteiger partial charge in [-0.25, -0.2) is 0 Å². The minimum absolute atomic E-state index is 0.117. The van der Waals surface area contributed by atoms with Crippen molar-refractivity contribution in [2.24, 2.45) is 0 Å². The number of nitro benzene ring substituents is 1. The highest BCUT2D eigenvalue weighted by Crippen LogP contribution is 2.23. The summed E-state index contributed by atoms with van der Waals surface area (Å²) in [5.41, 5.74) is 2.14. The van der Waals surface area contributed by atoms with Crippen LogP contribution in [0.2, 0.25) is 0 Å². The van der Waals surface area contributed by atoms with Gasteiger partial charge in [0.1, 0.15) is 5.69 Å². The molecule has 1 N–H and O–H groups in total. The minimum Gasteiger partial charge on any atom is -0.315 e. The second-order valence-corrected chi connectivity index (χ2v) is 5.12. The zero-order chi connectivity index (χ0) is 16.3. The van der Waals surface area contributed by atoms with Crippen LogP contribution in [0.15, 0.2) is 42.6 Å².